The fourth-order valence-corrected chi connectivity index (χ4v) is 1.46. The summed E-state index contributed by atoms with van der Waals surface area (Å²) in [5.74, 6) is 0.506. The van der Waals surface area contributed by atoms with E-state index in [0.29, 0.717) is 12.5 Å². The highest BCUT2D eigenvalue weighted by Crippen LogP contribution is 2.22. The van der Waals surface area contributed by atoms with Crippen molar-refractivity contribution in [2.45, 2.75) is 12.5 Å². The molecule has 0 radical (unpaired) electrons. The van der Waals surface area contributed by atoms with Gasteiger partial charge in [0.1, 0.15) is 0 Å². The van der Waals surface area contributed by atoms with E-state index in [1.165, 1.54) is 0 Å². The van der Waals surface area contributed by atoms with Gasteiger partial charge in [-0.25, -0.2) is 0 Å². The number of pyridine rings is 1. The van der Waals surface area contributed by atoms with Crippen molar-refractivity contribution in [3.8, 4) is 0 Å². The van der Waals surface area contributed by atoms with Crippen molar-refractivity contribution >= 4 is 5.96 Å². The zero-order chi connectivity index (χ0) is 9.31. The molecular weight excluding hydrogens is 164 g/mol. The van der Waals surface area contributed by atoms with Crippen LogP contribution in [-0.4, -0.2) is 17.5 Å². The van der Waals surface area contributed by atoms with Crippen LogP contribution in [0.4, 0.5) is 0 Å². The zero-order valence-electron chi connectivity index (χ0n) is 7.49. The number of hydrogen-bond acceptors (Lipinski definition) is 4. The van der Waals surface area contributed by atoms with Crippen LogP contribution >= 0.6 is 0 Å². The van der Waals surface area contributed by atoms with E-state index in [0.717, 1.165) is 5.56 Å². The van der Waals surface area contributed by atoms with Crippen LogP contribution in [0, 0.1) is 0 Å². The number of aromatic nitrogens is 1. The molecule has 0 aliphatic carbocycles. The molecule has 0 amide bonds. The van der Waals surface area contributed by atoms with Crippen LogP contribution in [0.1, 0.15) is 12.5 Å². The third-order valence-corrected chi connectivity index (χ3v) is 2.27. The Bertz CT molecular complexity index is 333. The van der Waals surface area contributed by atoms with Crippen LogP contribution in [0.5, 0.6) is 0 Å². The summed E-state index contributed by atoms with van der Waals surface area (Å²) < 4.78 is 0. The molecule has 0 spiro atoms. The molecule has 0 saturated carbocycles. The molecule has 1 unspecified atom stereocenters. The monoisotopic (exact) mass is 176 g/mol. The van der Waals surface area contributed by atoms with Crippen molar-refractivity contribution < 1.29 is 0 Å². The van der Waals surface area contributed by atoms with E-state index < -0.39 is 0 Å². The topological polar surface area (TPSA) is 63.3 Å². The largest absolute Gasteiger partial charge is 0.370 e. The first kappa shape index (κ1) is 8.04. The van der Waals surface area contributed by atoms with E-state index in [2.05, 4.69) is 22.2 Å². The van der Waals surface area contributed by atoms with Gasteiger partial charge in [-0.15, -0.1) is 0 Å². The summed E-state index contributed by atoms with van der Waals surface area (Å²) in [4.78, 5) is 8.19. The maximum absolute atomic E-state index is 5.57. The number of nitrogens with zero attached hydrogens (tertiary/aromatic N) is 2. The quantitative estimate of drug-likeness (QED) is 0.643. The third-order valence-electron chi connectivity index (χ3n) is 2.27. The standard InChI is InChI=1S/C9H12N4/c1-9(6-12-8(10)13-9)7-3-2-4-11-5-7/h2-5H,6H2,1H3,(H3,10,12,13). The Kier molecular flexibility index (Phi) is 1.69. The fourth-order valence-electron chi connectivity index (χ4n) is 1.46. The van der Waals surface area contributed by atoms with E-state index in [1.54, 1.807) is 6.20 Å². The number of guanidine groups is 1. The first-order chi connectivity index (χ1) is 6.21. The molecule has 4 heteroatoms. The molecule has 1 atom stereocenters. The molecule has 0 saturated heterocycles. The Hall–Kier alpha value is -1.58. The molecule has 0 aromatic carbocycles. The van der Waals surface area contributed by atoms with Crippen LogP contribution < -0.4 is 11.1 Å². The average Bonchev–Trinajstić information content (AvgIpc) is 2.49. The fraction of sp³-hybridized carbons (Fsp3) is 0.333. The van der Waals surface area contributed by atoms with E-state index in [1.807, 2.05) is 18.3 Å². The lowest BCUT2D eigenvalue weighted by atomic mass is 9.95. The van der Waals surface area contributed by atoms with Crippen LogP contribution in [0.25, 0.3) is 0 Å². The molecule has 1 aromatic heterocycles. The summed E-state index contributed by atoms with van der Waals surface area (Å²) in [5.41, 5.74) is 6.49. The molecule has 1 aliphatic heterocycles. The van der Waals surface area contributed by atoms with Gasteiger partial charge in [-0.05, 0) is 18.6 Å². The minimum Gasteiger partial charge on any atom is -0.370 e. The van der Waals surface area contributed by atoms with E-state index >= 15 is 0 Å². The van der Waals surface area contributed by atoms with Crippen LogP contribution in [0.15, 0.2) is 29.5 Å². The molecule has 2 heterocycles. The van der Waals surface area contributed by atoms with Gasteiger partial charge in [-0.1, -0.05) is 6.07 Å². The lowest BCUT2D eigenvalue weighted by Crippen LogP contribution is -2.42. The molecule has 1 aromatic rings. The Balaban J connectivity index is 2.28. The smallest absolute Gasteiger partial charge is 0.189 e. The van der Waals surface area contributed by atoms with Gasteiger partial charge in [-0.3, -0.25) is 9.98 Å². The van der Waals surface area contributed by atoms with Crippen molar-refractivity contribution in [3.05, 3.63) is 30.1 Å². The zero-order valence-corrected chi connectivity index (χ0v) is 7.49. The van der Waals surface area contributed by atoms with Gasteiger partial charge in [0.2, 0.25) is 0 Å². The molecule has 13 heavy (non-hydrogen) atoms. The van der Waals surface area contributed by atoms with Crippen molar-refractivity contribution in [1.82, 2.24) is 10.3 Å². The van der Waals surface area contributed by atoms with Gasteiger partial charge in [0.05, 0.1) is 12.1 Å². The molecule has 1 aliphatic rings. The lowest BCUT2D eigenvalue weighted by Gasteiger charge is -2.23. The lowest BCUT2D eigenvalue weighted by molar-refractivity contribution is 0.478. The maximum atomic E-state index is 5.57. The predicted octanol–water partition coefficient (Wildman–Crippen LogP) is 0.215. The average molecular weight is 176 g/mol. The van der Waals surface area contributed by atoms with Crippen molar-refractivity contribution in [2.75, 3.05) is 6.54 Å². The highest BCUT2D eigenvalue weighted by Gasteiger charge is 2.31. The summed E-state index contributed by atoms with van der Waals surface area (Å²) in [6.45, 7) is 2.73. The van der Waals surface area contributed by atoms with E-state index in [-0.39, 0.29) is 5.54 Å². The normalized spacial score (nSPS) is 26.7. The first-order valence-electron chi connectivity index (χ1n) is 4.19. The molecule has 3 N–H and O–H groups in total. The Morgan fingerprint density at radius 2 is 2.46 bits per heavy atom. The molecule has 4 nitrogen and oxygen atoms in total. The summed E-state index contributed by atoms with van der Waals surface area (Å²) in [6.07, 6.45) is 3.59. The second kappa shape index (κ2) is 2.73. The highest BCUT2D eigenvalue weighted by molar-refractivity contribution is 5.80. The summed E-state index contributed by atoms with van der Waals surface area (Å²) in [7, 11) is 0. The second-order valence-corrected chi connectivity index (χ2v) is 3.40. The SMILES string of the molecule is CC1(c2cccnc2)CN=C(N)N1. The second-order valence-electron chi connectivity index (χ2n) is 3.40. The van der Waals surface area contributed by atoms with E-state index in [4.69, 9.17) is 5.73 Å². The number of nitrogens with one attached hydrogen (secondary N) is 1. The van der Waals surface area contributed by atoms with Crippen molar-refractivity contribution in [3.63, 3.8) is 0 Å². The van der Waals surface area contributed by atoms with Gasteiger partial charge >= 0.3 is 0 Å². The van der Waals surface area contributed by atoms with Gasteiger partial charge in [0.15, 0.2) is 5.96 Å². The van der Waals surface area contributed by atoms with Gasteiger partial charge < -0.3 is 11.1 Å². The van der Waals surface area contributed by atoms with Gasteiger partial charge in [0.25, 0.3) is 0 Å². The summed E-state index contributed by atoms with van der Waals surface area (Å²) >= 11 is 0. The summed E-state index contributed by atoms with van der Waals surface area (Å²) in [6, 6.07) is 3.94. The van der Waals surface area contributed by atoms with Crippen molar-refractivity contribution in [2.24, 2.45) is 10.7 Å². The number of rotatable bonds is 1. The Morgan fingerprint density at radius 3 is 3.00 bits per heavy atom. The minimum absolute atomic E-state index is 0.182. The Labute approximate surface area is 76.9 Å². The van der Waals surface area contributed by atoms with Crippen LogP contribution in [0.3, 0.4) is 0 Å². The molecule has 0 fully saturated rings. The van der Waals surface area contributed by atoms with Crippen LogP contribution in [0.2, 0.25) is 0 Å². The number of aliphatic imine (C=N–C) groups is 1. The highest BCUT2D eigenvalue weighted by atomic mass is 15.2. The van der Waals surface area contributed by atoms with Crippen molar-refractivity contribution in [1.29, 1.82) is 0 Å². The molecule has 0 bridgehead atoms. The van der Waals surface area contributed by atoms with Gasteiger partial charge in [-0.2, -0.15) is 0 Å². The van der Waals surface area contributed by atoms with Crippen LogP contribution in [-0.2, 0) is 5.54 Å². The predicted molar refractivity (Wildman–Crippen MR) is 51.2 cm³/mol. The first-order valence-corrected chi connectivity index (χ1v) is 4.19. The third kappa shape index (κ3) is 1.35. The van der Waals surface area contributed by atoms with Gasteiger partial charge in [0, 0.05) is 12.4 Å². The van der Waals surface area contributed by atoms with E-state index in [9.17, 15) is 0 Å². The Morgan fingerprint density at radius 1 is 1.62 bits per heavy atom. The maximum Gasteiger partial charge on any atom is 0.189 e. The molecular formula is C9H12N4. The molecule has 2 rings (SSSR count). The number of nitrogens with two attached hydrogens (primary N) is 1. The molecule has 68 valence electrons. The summed E-state index contributed by atoms with van der Waals surface area (Å²) in [5, 5.41) is 3.13. The minimum atomic E-state index is -0.182. The number of hydrogen-bond donors (Lipinski definition) is 2.